The molecule has 1 aliphatic heterocycles. The molecule has 1 atom stereocenters. The number of rotatable bonds is 4. The molecule has 96 valence electrons. The van der Waals surface area contributed by atoms with Gasteiger partial charge in [-0.25, -0.2) is 4.79 Å². The van der Waals surface area contributed by atoms with Crippen LogP contribution in [0.3, 0.4) is 0 Å². The molecule has 0 bridgehead atoms. The van der Waals surface area contributed by atoms with Crippen LogP contribution in [-0.2, 0) is 9.59 Å². The van der Waals surface area contributed by atoms with Gasteiger partial charge in [0.15, 0.2) is 0 Å². The number of likely N-dealkylation sites (tertiary alicyclic amines) is 1. The van der Waals surface area contributed by atoms with E-state index in [1.807, 2.05) is 0 Å². The van der Waals surface area contributed by atoms with Crippen LogP contribution in [0.1, 0.15) is 20.3 Å². The van der Waals surface area contributed by atoms with Crippen molar-refractivity contribution in [1.82, 2.24) is 10.2 Å². The number of amides is 1. The SMILES string of the molecule is CC(C(=O)O)=C(C)C(=O)NCC1CCN(C)C1. The summed E-state index contributed by atoms with van der Waals surface area (Å²) in [7, 11) is 2.06. The van der Waals surface area contributed by atoms with Crippen LogP contribution in [0.15, 0.2) is 11.1 Å². The minimum Gasteiger partial charge on any atom is -0.478 e. The Kier molecular flexibility index (Phi) is 4.69. The van der Waals surface area contributed by atoms with Gasteiger partial charge >= 0.3 is 5.97 Å². The summed E-state index contributed by atoms with van der Waals surface area (Å²) in [5.41, 5.74) is 0.384. The van der Waals surface area contributed by atoms with Gasteiger partial charge in [0.2, 0.25) is 5.91 Å². The summed E-state index contributed by atoms with van der Waals surface area (Å²) in [6.45, 7) is 5.65. The van der Waals surface area contributed by atoms with Crippen molar-refractivity contribution in [2.45, 2.75) is 20.3 Å². The van der Waals surface area contributed by atoms with Crippen LogP contribution < -0.4 is 5.32 Å². The first-order valence-corrected chi connectivity index (χ1v) is 5.79. The molecule has 0 spiro atoms. The van der Waals surface area contributed by atoms with Crippen molar-refractivity contribution in [3.05, 3.63) is 11.1 Å². The largest absolute Gasteiger partial charge is 0.478 e. The summed E-state index contributed by atoms with van der Waals surface area (Å²) >= 11 is 0. The number of carbonyl (C=O) groups excluding carboxylic acids is 1. The smallest absolute Gasteiger partial charge is 0.331 e. The van der Waals surface area contributed by atoms with Crippen molar-refractivity contribution >= 4 is 11.9 Å². The Morgan fingerprint density at radius 1 is 1.35 bits per heavy atom. The topological polar surface area (TPSA) is 69.6 Å². The zero-order valence-electron chi connectivity index (χ0n) is 10.6. The maximum absolute atomic E-state index is 11.7. The van der Waals surface area contributed by atoms with Crippen LogP contribution in [-0.4, -0.2) is 48.6 Å². The van der Waals surface area contributed by atoms with E-state index >= 15 is 0 Å². The van der Waals surface area contributed by atoms with Crippen molar-refractivity contribution in [3.8, 4) is 0 Å². The third kappa shape index (κ3) is 3.85. The summed E-state index contributed by atoms with van der Waals surface area (Å²) in [5.74, 6) is -0.848. The zero-order valence-corrected chi connectivity index (χ0v) is 10.6. The van der Waals surface area contributed by atoms with Gasteiger partial charge in [-0.1, -0.05) is 0 Å². The van der Waals surface area contributed by atoms with Crippen LogP contribution in [0.5, 0.6) is 0 Å². The van der Waals surface area contributed by atoms with Crippen LogP contribution >= 0.6 is 0 Å². The average Bonchev–Trinajstić information content (AvgIpc) is 2.69. The van der Waals surface area contributed by atoms with E-state index in [2.05, 4.69) is 17.3 Å². The minimum absolute atomic E-state index is 0.103. The normalized spacial score (nSPS) is 22.2. The predicted molar refractivity (Wildman–Crippen MR) is 64.6 cm³/mol. The van der Waals surface area contributed by atoms with Gasteiger partial charge in [0.05, 0.1) is 0 Å². The lowest BCUT2D eigenvalue weighted by Gasteiger charge is -2.12. The van der Waals surface area contributed by atoms with E-state index in [9.17, 15) is 9.59 Å². The molecule has 1 amide bonds. The molecular formula is C12H20N2O3. The fourth-order valence-corrected chi connectivity index (χ4v) is 1.89. The molecule has 1 rings (SSSR count). The van der Waals surface area contributed by atoms with E-state index in [1.54, 1.807) is 6.92 Å². The molecule has 5 heteroatoms. The van der Waals surface area contributed by atoms with E-state index in [1.165, 1.54) is 6.92 Å². The minimum atomic E-state index is -1.04. The second-order valence-electron chi connectivity index (χ2n) is 4.68. The molecule has 5 nitrogen and oxygen atoms in total. The highest BCUT2D eigenvalue weighted by molar-refractivity contribution is 6.01. The number of nitrogens with zero attached hydrogens (tertiary/aromatic N) is 1. The quantitative estimate of drug-likeness (QED) is 0.701. The maximum Gasteiger partial charge on any atom is 0.331 e. The summed E-state index contributed by atoms with van der Waals surface area (Å²) in [4.78, 5) is 24.6. The Morgan fingerprint density at radius 2 is 2.00 bits per heavy atom. The molecule has 0 saturated carbocycles. The number of carbonyl (C=O) groups is 2. The molecule has 1 saturated heterocycles. The first-order chi connectivity index (χ1) is 7.91. The lowest BCUT2D eigenvalue weighted by molar-refractivity contribution is -0.133. The van der Waals surface area contributed by atoms with Gasteiger partial charge in [0.1, 0.15) is 0 Å². The van der Waals surface area contributed by atoms with Crippen LogP contribution in [0.4, 0.5) is 0 Å². The molecule has 0 aliphatic carbocycles. The molecule has 1 heterocycles. The number of carboxylic acid groups (broad SMARTS) is 1. The number of carboxylic acids is 1. The van der Waals surface area contributed by atoms with Gasteiger partial charge < -0.3 is 15.3 Å². The Bertz CT molecular complexity index is 350. The lowest BCUT2D eigenvalue weighted by atomic mass is 10.1. The van der Waals surface area contributed by atoms with E-state index in [0.29, 0.717) is 12.5 Å². The lowest BCUT2D eigenvalue weighted by Crippen LogP contribution is -2.31. The average molecular weight is 240 g/mol. The third-order valence-electron chi connectivity index (χ3n) is 3.26. The first kappa shape index (κ1) is 13.7. The molecule has 2 N–H and O–H groups in total. The molecule has 0 aromatic carbocycles. The number of nitrogens with one attached hydrogen (secondary N) is 1. The summed E-state index contributed by atoms with van der Waals surface area (Å²) in [5, 5.41) is 11.6. The number of hydrogen-bond donors (Lipinski definition) is 2. The van der Waals surface area contributed by atoms with E-state index in [-0.39, 0.29) is 17.1 Å². The van der Waals surface area contributed by atoms with Gasteiger partial charge in [0, 0.05) is 24.2 Å². The Balaban J connectivity index is 2.45. The monoisotopic (exact) mass is 240 g/mol. The van der Waals surface area contributed by atoms with Crippen LogP contribution in [0.2, 0.25) is 0 Å². The summed E-state index contributed by atoms with van der Waals surface area (Å²) < 4.78 is 0. The second-order valence-corrected chi connectivity index (χ2v) is 4.68. The van der Waals surface area contributed by atoms with E-state index < -0.39 is 5.97 Å². The van der Waals surface area contributed by atoms with Crippen molar-refractivity contribution in [1.29, 1.82) is 0 Å². The first-order valence-electron chi connectivity index (χ1n) is 5.79. The molecule has 1 aliphatic rings. The van der Waals surface area contributed by atoms with Gasteiger partial charge in [-0.15, -0.1) is 0 Å². The fraction of sp³-hybridized carbons (Fsp3) is 0.667. The number of hydrogen-bond acceptors (Lipinski definition) is 3. The number of aliphatic carboxylic acids is 1. The molecule has 1 fully saturated rings. The highest BCUT2D eigenvalue weighted by Crippen LogP contribution is 2.13. The molecular weight excluding hydrogens is 220 g/mol. The highest BCUT2D eigenvalue weighted by Gasteiger charge is 2.20. The van der Waals surface area contributed by atoms with Crippen LogP contribution in [0.25, 0.3) is 0 Å². The predicted octanol–water partition coefficient (Wildman–Crippen LogP) is 0.475. The Hall–Kier alpha value is -1.36. The highest BCUT2D eigenvalue weighted by atomic mass is 16.4. The molecule has 1 unspecified atom stereocenters. The molecule has 0 radical (unpaired) electrons. The third-order valence-corrected chi connectivity index (χ3v) is 3.26. The van der Waals surface area contributed by atoms with Gasteiger partial charge in [0.25, 0.3) is 0 Å². The zero-order chi connectivity index (χ0) is 13.0. The van der Waals surface area contributed by atoms with Gasteiger partial charge in [-0.05, 0) is 39.8 Å². The summed E-state index contributed by atoms with van der Waals surface area (Å²) in [6, 6.07) is 0. The molecule has 0 aromatic rings. The summed E-state index contributed by atoms with van der Waals surface area (Å²) in [6.07, 6.45) is 1.08. The second kappa shape index (κ2) is 5.82. The molecule has 0 aromatic heterocycles. The van der Waals surface area contributed by atoms with Crippen LogP contribution in [0, 0.1) is 5.92 Å². The maximum atomic E-state index is 11.7. The Morgan fingerprint density at radius 3 is 2.47 bits per heavy atom. The van der Waals surface area contributed by atoms with Crippen molar-refractivity contribution in [2.75, 3.05) is 26.7 Å². The van der Waals surface area contributed by atoms with Gasteiger partial charge in [-0.3, -0.25) is 4.79 Å². The fourth-order valence-electron chi connectivity index (χ4n) is 1.89. The van der Waals surface area contributed by atoms with Crippen molar-refractivity contribution in [2.24, 2.45) is 5.92 Å². The molecule has 17 heavy (non-hydrogen) atoms. The van der Waals surface area contributed by atoms with Crippen molar-refractivity contribution < 1.29 is 14.7 Å². The van der Waals surface area contributed by atoms with Crippen molar-refractivity contribution in [3.63, 3.8) is 0 Å². The Labute approximate surface area is 101 Å². The van der Waals surface area contributed by atoms with E-state index in [4.69, 9.17) is 5.11 Å². The van der Waals surface area contributed by atoms with Gasteiger partial charge in [-0.2, -0.15) is 0 Å². The van der Waals surface area contributed by atoms with E-state index in [0.717, 1.165) is 19.5 Å². The standard InChI is InChI=1S/C12H20N2O3/c1-8(9(2)12(16)17)11(15)13-6-10-4-5-14(3)7-10/h10H,4-7H2,1-3H3,(H,13,15)(H,16,17).